The van der Waals surface area contributed by atoms with Crippen LogP contribution < -0.4 is 10.0 Å². The lowest BCUT2D eigenvalue weighted by atomic mass is 9.94. The van der Waals surface area contributed by atoms with E-state index in [9.17, 15) is 26.0 Å². The number of rotatable bonds is 8. The van der Waals surface area contributed by atoms with Crippen LogP contribution in [-0.4, -0.2) is 47.8 Å². The maximum Gasteiger partial charge on any atom is 0.261 e. The Labute approximate surface area is 176 Å². The third-order valence-corrected chi connectivity index (χ3v) is 7.43. The third-order valence-electron chi connectivity index (χ3n) is 4.24. The monoisotopic (exact) mass is 457 g/mol. The highest BCUT2D eigenvalue weighted by Gasteiger charge is 2.27. The molecule has 0 unspecified atom stereocenters. The van der Waals surface area contributed by atoms with Crippen LogP contribution in [0.25, 0.3) is 0 Å². The molecular weight excluding hydrogens is 433 g/mol. The number of hydrogen-bond acceptors (Lipinski definition) is 5. The standard InChI is InChI=1S/C19H24FN3O5S2/c1-19(2,13-20)18(24)21-14-8-10-15(11-9-14)22-29(25,26)16-6-5-7-17(12-16)30(27,28)23(3)4/h5-12,22H,13H2,1-4H3,(H,21,24). The second-order valence-corrected chi connectivity index (χ2v) is 11.3. The molecule has 2 aromatic rings. The minimum absolute atomic E-state index is 0.149. The Bertz CT molecular complexity index is 1130. The van der Waals surface area contributed by atoms with Gasteiger partial charge in [-0.15, -0.1) is 0 Å². The van der Waals surface area contributed by atoms with E-state index < -0.39 is 38.0 Å². The molecule has 2 aromatic carbocycles. The summed E-state index contributed by atoms with van der Waals surface area (Å²) >= 11 is 0. The molecule has 30 heavy (non-hydrogen) atoms. The minimum atomic E-state index is -4.05. The fourth-order valence-corrected chi connectivity index (χ4v) is 4.34. The summed E-state index contributed by atoms with van der Waals surface area (Å²) in [5.41, 5.74) is -0.597. The Balaban J connectivity index is 2.21. The maximum absolute atomic E-state index is 12.9. The summed E-state index contributed by atoms with van der Waals surface area (Å²) in [6, 6.07) is 10.8. The molecule has 0 saturated heterocycles. The highest BCUT2D eigenvalue weighted by Crippen LogP contribution is 2.23. The van der Waals surface area contributed by atoms with Crippen LogP contribution in [-0.2, 0) is 24.8 Å². The first-order valence-corrected chi connectivity index (χ1v) is 11.7. The fraction of sp³-hybridized carbons (Fsp3) is 0.316. The highest BCUT2D eigenvalue weighted by molar-refractivity contribution is 7.93. The van der Waals surface area contributed by atoms with Crippen LogP contribution in [0.4, 0.5) is 15.8 Å². The lowest BCUT2D eigenvalue weighted by Gasteiger charge is -2.19. The first kappa shape index (κ1) is 23.8. The second-order valence-electron chi connectivity index (χ2n) is 7.42. The number of nitrogens with zero attached hydrogens (tertiary/aromatic N) is 1. The van der Waals surface area contributed by atoms with Gasteiger partial charge in [0.25, 0.3) is 10.0 Å². The first-order chi connectivity index (χ1) is 13.8. The molecule has 0 saturated carbocycles. The predicted octanol–water partition coefficient (Wildman–Crippen LogP) is 2.67. The predicted molar refractivity (Wildman–Crippen MR) is 113 cm³/mol. The fourth-order valence-electron chi connectivity index (χ4n) is 2.21. The van der Waals surface area contributed by atoms with Crippen molar-refractivity contribution in [2.24, 2.45) is 5.41 Å². The zero-order valence-electron chi connectivity index (χ0n) is 17.0. The normalized spacial score (nSPS) is 12.6. The van der Waals surface area contributed by atoms with Crippen molar-refractivity contribution in [1.82, 2.24) is 4.31 Å². The lowest BCUT2D eigenvalue weighted by Crippen LogP contribution is -2.32. The van der Waals surface area contributed by atoms with Gasteiger partial charge in [-0.3, -0.25) is 9.52 Å². The minimum Gasteiger partial charge on any atom is -0.326 e. The zero-order chi connectivity index (χ0) is 22.7. The summed E-state index contributed by atoms with van der Waals surface area (Å²) in [6.07, 6.45) is 0. The third kappa shape index (κ3) is 5.35. The molecular formula is C19H24FN3O5S2. The molecule has 0 fully saturated rings. The zero-order valence-corrected chi connectivity index (χ0v) is 18.6. The van der Waals surface area contributed by atoms with Crippen molar-refractivity contribution in [3.63, 3.8) is 0 Å². The number of sulfonamides is 2. The topological polar surface area (TPSA) is 113 Å². The van der Waals surface area contributed by atoms with E-state index in [0.717, 1.165) is 10.4 Å². The molecule has 8 nitrogen and oxygen atoms in total. The van der Waals surface area contributed by atoms with Crippen molar-refractivity contribution in [3.8, 4) is 0 Å². The molecule has 0 atom stereocenters. The van der Waals surface area contributed by atoms with Gasteiger partial charge in [-0.05, 0) is 56.3 Å². The molecule has 2 rings (SSSR count). The van der Waals surface area contributed by atoms with Gasteiger partial charge in [0, 0.05) is 25.5 Å². The van der Waals surface area contributed by atoms with Gasteiger partial charge >= 0.3 is 0 Å². The van der Waals surface area contributed by atoms with E-state index in [4.69, 9.17) is 0 Å². The number of benzene rings is 2. The van der Waals surface area contributed by atoms with Crippen molar-refractivity contribution < 1.29 is 26.0 Å². The molecule has 164 valence electrons. The molecule has 0 radical (unpaired) electrons. The molecule has 0 spiro atoms. The van der Waals surface area contributed by atoms with Crippen LogP contribution in [0.2, 0.25) is 0 Å². The van der Waals surface area contributed by atoms with E-state index in [1.807, 2.05) is 0 Å². The summed E-state index contributed by atoms with van der Waals surface area (Å²) < 4.78 is 66.0. The average molecular weight is 458 g/mol. The van der Waals surface area contributed by atoms with Gasteiger partial charge < -0.3 is 5.32 Å². The number of carbonyl (C=O) groups excluding carboxylic acids is 1. The number of nitrogens with one attached hydrogen (secondary N) is 2. The Morgan fingerprint density at radius 3 is 2.03 bits per heavy atom. The largest absolute Gasteiger partial charge is 0.326 e. The summed E-state index contributed by atoms with van der Waals surface area (Å²) in [4.78, 5) is 11.6. The van der Waals surface area contributed by atoms with Crippen LogP contribution in [0, 0.1) is 5.41 Å². The molecule has 1 amide bonds. The van der Waals surface area contributed by atoms with Gasteiger partial charge in [-0.2, -0.15) is 0 Å². The van der Waals surface area contributed by atoms with Crippen LogP contribution in [0.5, 0.6) is 0 Å². The number of alkyl halides is 1. The van der Waals surface area contributed by atoms with E-state index >= 15 is 0 Å². The molecule has 0 aliphatic heterocycles. The average Bonchev–Trinajstić information content (AvgIpc) is 2.69. The van der Waals surface area contributed by atoms with Crippen molar-refractivity contribution >= 4 is 37.3 Å². The van der Waals surface area contributed by atoms with Crippen LogP contribution in [0.3, 0.4) is 0 Å². The van der Waals surface area contributed by atoms with E-state index in [0.29, 0.717) is 5.69 Å². The molecule has 11 heteroatoms. The number of hydrogen-bond donors (Lipinski definition) is 2. The summed E-state index contributed by atoms with van der Waals surface area (Å²) in [6.45, 7) is 2.12. The van der Waals surface area contributed by atoms with Crippen molar-refractivity contribution in [2.45, 2.75) is 23.6 Å². The van der Waals surface area contributed by atoms with Gasteiger partial charge in [0.15, 0.2) is 0 Å². The van der Waals surface area contributed by atoms with Crippen LogP contribution in [0.15, 0.2) is 58.3 Å². The number of amides is 1. The Morgan fingerprint density at radius 2 is 1.50 bits per heavy atom. The lowest BCUT2D eigenvalue weighted by molar-refractivity contribution is -0.124. The van der Waals surface area contributed by atoms with E-state index in [2.05, 4.69) is 10.0 Å². The number of halogens is 1. The summed E-state index contributed by atoms with van der Waals surface area (Å²) in [5.74, 6) is -0.503. The molecule has 0 bridgehead atoms. The van der Waals surface area contributed by atoms with Crippen LogP contribution in [0.1, 0.15) is 13.8 Å². The van der Waals surface area contributed by atoms with Crippen molar-refractivity contribution in [3.05, 3.63) is 48.5 Å². The quantitative estimate of drug-likeness (QED) is 0.633. The van der Waals surface area contributed by atoms with Gasteiger partial charge in [-0.25, -0.2) is 25.5 Å². The van der Waals surface area contributed by atoms with E-state index in [-0.39, 0.29) is 15.5 Å². The second kappa shape index (κ2) is 8.70. The Morgan fingerprint density at radius 1 is 0.967 bits per heavy atom. The Kier molecular flexibility index (Phi) is 6.90. The molecule has 0 heterocycles. The number of anilines is 2. The SMILES string of the molecule is CN(C)S(=O)(=O)c1cccc(S(=O)(=O)Nc2ccc(NC(=O)C(C)(C)CF)cc2)c1. The van der Waals surface area contributed by atoms with E-state index in [1.165, 1.54) is 70.4 Å². The van der Waals surface area contributed by atoms with Crippen molar-refractivity contribution in [1.29, 1.82) is 0 Å². The number of carbonyl (C=O) groups is 1. The maximum atomic E-state index is 12.9. The molecule has 0 aliphatic carbocycles. The van der Waals surface area contributed by atoms with Gasteiger partial charge in [0.1, 0.15) is 6.67 Å². The molecule has 0 aromatic heterocycles. The first-order valence-electron chi connectivity index (χ1n) is 8.82. The molecule has 0 aliphatic rings. The van der Waals surface area contributed by atoms with Gasteiger partial charge in [-0.1, -0.05) is 6.07 Å². The van der Waals surface area contributed by atoms with Gasteiger partial charge in [0.2, 0.25) is 15.9 Å². The summed E-state index contributed by atoms with van der Waals surface area (Å²) in [7, 11) is -5.14. The van der Waals surface area contributed by atoms with Crippen molar-refractivity contribution in [2.75, 3.05) is 30.8 Å². The van der Waals surface area contributed by atoms with Crippen LogP contribution >= 0.6 is 0 Å². The molecule has 2 N–H and O–H groups in total. The van der Waals surface area contributed by atoms with Gasteiger partial charge in [0.05, 0.1) is 15.2 Å². The summed E-state index contributed by atoms with van der Waals surface area (Å²) in [5, 5.41) is 2.56. The van der Waals surface area contributed by atoms with E-state index in [1.54, 1.807) is 0 Å². The smallest absolute Gasteiger partial charge is 0.261 e. The Hall–Kier alpha value is -2.50. The highest BCUT2D eigenvalue weighted by atomic mass is 32.2.